The average molecular weight is 397 g/mol. The Bertz CT molecular complexity index is 926. The number of methoxy groups -OCH3 is 2. The van der Waals surface area contributed by atoms with Crippen LogP contribution in [0.4, 0.5) is 0 Å². The van der Waals surface area contributed by atoms with Crippen molar-refractivity contribution in [1.82, 2.24) is 13.9 Å². The predicted octanol–water partition coefficient (Wildman–Crippen LogP) is 1.40. The molecule has 1 aromatic heterocycles. The van der Waals surface area contributed by atoms with Crippen molar-refractivity contribution in [3.05, 3.63) is 40.4 Å². The molecule has 8 nitrogen and oxygen atoms in total. The molecule has 0 aliphatic heterocycles. The van der Waals surface area contributed by atoms with Crippen LogP contribution in [-0.2, 0) is 26.0 Å². The largest absolute Gasteiger partial charge is 0.385 e. The van der Waals surface area contributed by atoms with E-state index < -0.39 is 16.1 Å². The summed E-state index contributed by atoms with van der Waals surface area (Å²) in [6.45, 7) is 3.08. The smallest absolute Gasteiger partial charge is 0.261 e. The predicted molar refractivity (Wildman–Crippen MR) is 104 cm³/mol. The van der Waals surface area contributed by atoms with Crippen LogP contribution in [0, 0.1) is 0 Å². The molecule has 150 valence electrons. The van der Waals surface area contributed by atoms with Crippen molar-refractivity contribution >= 4 is 20.9 Å². The van der Waals surface area contributed by atoms with E-state index in [9.17, 15) is 13.2 Å². The Morgan fingerprint density at radius 1 is 1.19 bits per heavy atom. The SMILES string of the molecule is COCCCN(C(C)c1nc2ccccc2c(=O)n1CCOC)S(C)(=O)=O. The van der Waals surface area contributed by atoms with E-state index in [1.54, 1.807) is 45.4 Å². The van der Waals surface area contributed by atoms with Gasteiger partial charge in [-0.1, -0.05) is 12.1 Å². The maximum absolute atomic E-state index is 13.0. The Kier molecular flexibility index (Phi) is 7.49. The van der Waals surface area contributed by atoms with Crippen LogP contribution in [0.2, 0.25) is 0 Å². The molecule has 1 atom stereocenters. The van der Waals surface area contributed by atoms with Crippen LogP contribution in [-0.4, -0.2) is 62.5 Å². The van der Waals surface area contributed by atoms with Crippen LogP contribution in [0.3, 0.4) is 0 Å². The highest BCUT2D eigenvalue weighted by Crippen LogP contribution is 2.22. The maximum atomic E-state index is 13.0. The molecule has 0 amide bonds. The van der Waals surface area contributed by atoms with Crippen molar-refractivity contribution in [3.63, 3.8) is 0 Å². The van der Waals surface area contributed by atoms with Gasteiger partial charge in [-0.05, 0) is 25.5 Å². The highest BCUT2D eigenvalue weighted by atomic mass is 32.2. The van der Waals surface area contributed by atoms with Gasteiger partial charge in [-0.2, -0.15) is 4.31 Å². The van der Waals surface area contributed by atoms with E-state index >= 15 is 0 Å². The van der Waals surface area contributed by atoms with Crippen molar-refractivity contribution in [2.45, 2.75) is 25.9 Å². The van der Waals surface area contributed by atoms with Crippen molar-refractivity contribution in [3.8, 4) is 0 Å². The molecule has 0 aliphatic rings. The molecule has 0 spiro atoms. The third-order valence-corrected chi connectivity index (χ3v) is 5.72. The minimum Gasteiger partial charge on any atom is -0.385 e. The van der Waals surface area contributed by atoms with Gasteiger partial charge in [0.1, 0.15) is 5.82 Å². The molecule has 0 aliphatic carbocycles. The van der Waals surface area contributed by atoms with Gasteiger partial charge in [0, 0.05) is 27.4 Å². The van der Waals surface area contributed by atoms with Gasteiger partial charge in [0.15, 0.2) is 0 Å². The third kappa shape index (κ3) is 5.13. The van der Waals surface area contributed by atoms with Crippen molar-refractivity contribution in [1.29, 1.82) is 0 Å². The maximum Gasteiger partial charge on any atom is 0.261 e. The molecule has 0 saturated carbocycles. The van der Waals surface area contributed by atoms with Crippen molar-refractivity contribution in [2.75, 3.05) is 40.2 Å². The number of ether oxygens (including phenoxy) is 2. The highest BCUT2D eigenvalue weighted by molar-refractivity contribution is 7.88. The van der Waals surface area contributed by atoms with E-state index in [2.05, 4.69) is 4.98 Å². The van der Waals surface area contributed by atoms with E-state index in [0.717, 1.165) is 6.26 Å². The second-order valence-electron chi connectivity index (χ2n) is 6.33. The van der Waals surface area contributed by atoms with Crippen molar-refractivity contribution < 1.29 is 17.9 Å². The fourth-order valence-electron chi connectivity index (χ4n) is 3.04. The molecule has 1 unspecified atom stereocenters. The van der Waals surface area contributed by atoms with Gasteiger partial charge in [-0.3, -0.25) is 9.36 Å². The molecule has 2 aromatic rings. The van der Waals surface area contributed by atoms with Gasteiger partial charge in [0.05, 0.1) is 36.4 Å². The molecule has 9 heteroatoms. The third-order valence-electron chi connectivity index (χ3n) is 4.37. The average Bonchev–Trinajstić information content (AvgIpc) is 2.63. The summed E-state index contributed by atoms with van der Waals surface area (Å²) in [5, 5.41) is 0.495. The number of rotatable bonds is 10. The minimum absolute atomic E-state index is 0.204. The molecule has 0 bridgehead atoms. The van der Waals surface area contributed by atoms with Crippen LogP contribution < -0.4 is 5.56 Å². The van der Waals surface area contributed by atoms with E-state index in [0.29, 0.717) is 42.9 Å². The number of benzene rings is 1. The lowest BCUT2D eigenvalue weighted by Gasteiger charge is -2.28. The fraction of sp³-hybridized carbons (Fsp3) is 0.556. The molecule has 0 radical (unpaired) electrons. The first-order valence-electron chi connectivity index (χ1n) is 8.75. The van der Waals surface area contributed by atoms with E-state index in [1.165, 1.54) is 8.87 Å². The first-order chi connectivity index (χ1) is 12.8. The van der Waals surface area contributed by atoms with Gasteiger partial charge in [-0.15, -0.1) is 0 Å². The van der Waals surface area contributed by atoms with Crippen molar-refractivity contribution in [2.24, 2.45) is 0 Å². The number of sulfonamides is 1. The van der Waals surface area contributed by atoms with Crippen LogP contribution >= 0.6 is 0 Å². The number of para-hydroxylation sites is 1. The molecule has 1 aromatic carbocycles. The summed E-state index contributed by atoms with van der Waals surface area (Å²) in [6, 6.07) is 6.45. The summed E-state index contributed by atoms with van der Waals surface area (Å²) in [5.41, 5.74) is 0.341. The molecule has 0 fully saturated rings. The number of fused-ring (bicyclic) bond motifs is 1. The Labute approximate surface area is 159 Å². The lowest BCUT2D eigenvalue weighted by atomic mass is 10.2. The summed E-state index contributed by atoms with van der Waals surface area (Å²) >= 11 is 0. The zero-order chi connectivity index (χ0) is 20.0. The van der Waals surface area contributed by atoms with Gasteiger partial charge in [-0.25, -0.2) is 13.4 Å². The second kappa shape index (κ2) is 9.41. The Balaban J connectivity index is 2.57. The fourth-order valence-corrected chi connectivity index (χ4v) is 4.17. The number of nitrogens with zero attached hydrogens (tertiary/aromatic N) is 3. The van der Waals surface area contributed by atoms with Gasteiger partial charge in [0.25, 0.3) is 5.56 Å². The van der Waals surface area contributed by atoms with E-state index in [-0.39, 0.29) is 12.1 Å². The molecular formula is C18H27N3O5S. The molecule has 2 rings (SSSR count). The second-order valence-corrected chi connectivity index (χ2v) is 8.27. The molecule has 0 saturated heterocycles. The Morgan fingerprint density at radius 3 is 2.48 bits per heavy atom. The standard InChI is InChI=1S/C18H27N3O5S/c1-14(21(27(4,23)24)10-7-12-25-2)17-19-16-9-6-5-8-15(16)18(22)20(17)11-13-26-3/h5-6,8-9,14H,7,10-13H2,1-4H3. The van der Waals surface area contributed by atoms with Crippen LogP contribution in [0.1, 0.15) is 25.2 Å². The normalized spacial score (nSPS) is 13.4. The summed E-state index contributed by atoms with van der Waals surface area (Å²) < 4.78 is 37.7. The number of aromatic nitrogens is 2. The quantitative estimate of drug-likeness (QED) is 0.563. The van der Waals surface area contributed by atoms with Gasteiger partial charge >= 0.3 is 0 Å². The zero-order valence-corrected chi connectivity index (χ0v) is 17.0. The Hall–Kier alpha value is -1.81. The van der Waals surface area contributed by atoms with E-state index in [1.807, 2.05) is 0 Å². The monoisotopic (exact) mass is 397 g/mol. The summed E-state index contributed by atoms with van der Waals surface area (Å²) in [7, 11) is -0.382. The zero-order valence-electron chi connectivity index (χ0n) is 16.2. The molecule has 0 N–H and O–H groups in total. The molecule has 1 heterocycles. The molecule has 27 heavy (non-hydrogen) atoms. The molecular weight excluding hydrogens is 370 g/mol. The van der Waals surface area contributed by atoms with E-state index in [4.69, 9.17) is 9.47 Å². The number of hydrogen-bond acceptors (Lipinski definition) is 6. The highest BCUT2D eigenvalue weighted by Gasteiger charge is 2.28. The summed E-state index contributed by atoms with van der Waals surface area (Å²) in [5.74, 6) is 0.401. The van der Waals surface area contributed by atoms with Crippen LogP contribution in [0.15, 0.2) is 29.1 Å². The number of hydrogen-bond donors (Lipinski definition) is 0. The van der Waals surface area contributed by atoms with Gasteiger partial charge < -0.3 is 9.47 Å². The van der Waals surface area contributed by atoms with Crippen LogP contribution in [0.5, 0.6) is 0 Å². The minimum atomic E-state index is -3.50. The lowest BCUT2D eigenvalue weighted by molar-refractivity contribution is 0.176. The van der Waals surface area contributed by atoms with Crippen LogP contribution in [0.25, 0.3) is 10.9 Å². The first kappa shape index (κ1) is 21.5. The summed E-state index contributed by atoms with van der Waals surface area (Å²) in [4.78, 5) is 17.6. The topological polar surface area (TPSA) is 90.7 Å². The lowest BCUT2D eigenvalue weighted by Crippen LogP contribution is -2.38. The Morgan fingerprint density at radius 2 is 1.85 bits per heavy atom. The first-order valence-corrected chi connectivity index (χ1v) is 10.6. The summed E-state index contributed by atoms with van der Waals surface area (Å²) in [6.07, 6.45) is 1.71. The van der Waals surface area contributed by atoms with Gasteiger partial charge in [0.2, 0.25) is 10.0 Å².